The van der Waals surface area contributed by atoms with Crippen LogP contribution in [-0.2, 0) is 11.8 Å². The summed E-state index contributed by atoms with van der Waals surface area (Å²) in [5, 5.41) is 12.9. The molecule has 0 saturated heterocycles. The summed E-state index contributed by atoms with van der Waals surface area (Å²) in [6.07, 6.45) is 6.25. The lowest BCUT2D eigenvalue weighted by Crippen LogP contribution is -2.41. The van der Waals surface area contributed by atoms with E-state index in [1.54, 1.807) is 15.7 Å². The highest BCUT2D eigenvalue weighted by Gasteiger charge is 2.45. The van der Waals surface area contributed by atoms with Crippen LogP contribution in [0.3, 0.4) is 0 Å². The van der Waals surface area contributed by atoms with Crippen molar-refractivity contribution in [3.63, 3.8) is 0 Å². The molecule has 9 heteroatoms. The van der Waals surface area contributed by atoms with Gasteiger partial charge in [0.05, 0.1) is 23.2 Å². The first kappa shape index (κ1) is 16.5. The molecular weight excluding hydrogens is 370 g/mol. The Morgan fingerprint density at radius 2 is 2.21 bits per heavy atom. The normalized spacial score (nSPS) is 20.0. The molecule has 1 aliphatic carbocycles. The molecule has 0 bridgehead atoms. The number of nitrogens with zero attached hydrogens (tertiary/aromatic N) is 6. The number of aromatic nitrogens is 6. The largest absolute Gasteiger partial charge is 0.416 e. The first-order valence-corrected chi connectivity index (χ1v) is 9.74. The molecule has 146 valence electrons. The number of rotatable bonds is 3. The van der Waals surface area contributed by atoms with Gasteiger partial charge in [-0.1, -0.05) is 13.0 Å². The lowest BCUT2D eigenvalue weighted by atomic mass is 9.99. The van der Waals surface area contributed by atoms with E-state index in [1.807, 2.05) is 30.5 Å². The van der Waals surface area contributed by atoms with Crippen molar-refractivity contribution >= 4 is 11.4 Å². The van der Waals surface area contributed by atoms with Crippen molar-refractivity contribution in [1.82, 2.24) is 34.7 Å². The second-order valence-corrected chi connectivity index (χ2v) is 8.03. The third-order valence-corrected chi connectivity index (χ3v) is 5.98. The minimum absolute atomic E-state index is 0.0286. The third-order valence-electron chi connectivity index (χ3n) is 5.98. The number of hydrogen-bond acceptors (Lipinski definition) is 6. The number of carbonyl (C=O) groups excluding carboxylic acids is 1. The number of amides is 1. The van der Waals surface area contributed by atoms with Gasteiger partial charge < -0.3 is 14.3 Å². The molecular formula is C20H19N7O2. The number of nitrogens with one attached hydrogen (secondary N) is 1. The van der Waals surface area contributed by atoms with Crippen LogP contribution in [-0.4, -0.2) is 47.1 Å². The zero-order valence-electron chi connectivity index (χ0n) is 15.9. The highest BCUT2D eigenvalue weighted by atomic mass is 16.4. The fourth-order valence-electron chi connectivity index (χ4n) is 3.96. The Labute approximate surface area is 165 Å². The average Bonchev–Trinajstić information content (AvgIpc) is 3.20. The van der Waals surface area contributed by atoms with Crippen LogP contribution in [0.1, 0.15) is 59.5 Å². The Hall–Kier alpha value is -3.49. The summed E-state index contributed by atoms with van der Waals surface area (Å²) in [7, 11) is 0. The maximum Gasteiger partial charge on any atom is 0.312 e. The van der Waals surface area contributed by atoms with Crippen molar-refractivity contribution < 1.29 is 9.21 Å². The van der Waals surface area contributed by atoms with Gasteiger partial charge in [0.25, 0.3) is 0 Å². The fourth-order valence-corrected chi connectivity index (χ4v) is 3.96. The molecule has 0 aromatic carbocycles. The van der Waals surface area contributed by atoms with Gasteiger partial charge >= 0.3 is 11.8 Å². The monoisotopic (exact) mass is 389 g/mol. The van der Waals surface area contributed by atoms with Crippen LogP contribution in [0.25, 0.3) is 5.52 Å². The van der Waals surface area contributed by atoms with Gasteiger partial charge in [0.1, 0.15) is 6.04 Å². The number of fused-ring (bicyclic) bond motifs is 2. The van der Waals surface area contributed by atoms with E-state index in [4.69, 9.17) is 9.52 Å². The maximum atomic E-state index is 13.3. The van der Waals surface area contributed by atoms with Crippen LogP contribution >= 0.6 is 0 Å². The molecule has 1 amide bonds. The molecule has 1 atom stereocenters. The molecule has 1 fully saturated rings. The van der Waals surface area contributed by atoms with Gasteiger partial charge in [0.15, 0.2) is 0 Å². The molecule has 29 heavy (non-hydrogen) atoms. The van der Waals surface area contributed by atoms with Gasteiger partial charge in [-0.15, -0.1) is 10.2 Å². The SMILES string of the molecule is CC1(c2nnc(C(=O)N3CCc4[nH]cnc4[C@@H]3c3cc4ccccn4n3)o2)CC1. The molecule has 0 unspecified atom stereocenters. The highest BCUT2D eigenvalue weighted by Crippen LogP contribution is 2.46. The Balaban J connectivity index is 1.42. The Kier molecular flexibility index (Phi) is 3.27. The molecule has 0 radical (unpaired) electrons. The average molecular weight is 389 g/mol. The summed E-state index contributed by atoms with van der Waals surface area (Å²) in [5.74, 6) is 0.284. The van der Waals surface area contributed by atoms with Crippen LogP contribution in [0.2, 0.25) is 0 Å². The van der Waals surface area contributed by atoms with Crippen LogP contribution in [0.4, 0.5) is 0 Å². The highest BCUT2D eigenvalue weighted by molar-refractivity contribution is 5.90. The number of H-pyrrole nitrogens is 1. The first-order valence-electron chi connectivity index (χ1n) is 9.74. The molecule has 0 spiro atoms. The molecule has 5 heterocycles. The van der Waals surface area contributed by atoms with Crippen molar-refractivity contribution in [2.75, 3.05) is 6.54 Å². The number of carbonyl (C=O) groups is 1. The fraction of sp³-hybridized carbons (Fsp3) is 0.350. The van der Waals surface area contributed by atoms with Gasteiger partial charge in [-0.2, -0.15) is 5.10 Å². The van der Waals surface area contributed by atoms with Crippen molar-refractivity contribution in [2.24, 2.45) is 0 Å². The summed E-state index contributed by atoms with van der Waals surface area (Å²) in [6.45, 7) is 2.59. The molecule has 9 nitrogen and oxygen atoms in total. The quantitative estimate of drug-likeness (QED) is 0.576. The van der Waals surface area contributed by atoms with Crippen molar-refractivity contribution in [2.45, 2.75) is 37.6 Å². The van der Waals surface area contributed by atoms with Gasteiger partial charge in [-0.25, -0.2) is 9.50 Å². The summed E-state index contributed by atoms with van der Waals surface area (Å²) < 4.78 is 7.57. The van der Waals surface area contributed by atoms with E-state index in [0.29, 0.717) is 18.9 Å². The predicted octanol–water partition coefficient (Wildman–Crippen LogP) is 2.28. The lowest BCUT2D eigenvalue weighted by molar-refractivity contribution is 0.0643. The van der Waals surface area contributed by atoms with Crippen molar-refractivity contribution in [3.8, 4) is 0 Å². The van der Waals surface area contributed by atoms with E-state index in [-0.39, 0.29) is 17.2 Å². The Bertz CT molecular complexity index is 1200. The molecule has 2 aliphatic rings. The molecule has 1 saturated carbocycles. The van der Waals surface area contributed by atoms with E-state index < -0.39 is 6.04 Å². The number of pyridine rings is 1. The molecule has 4 aromatic heterocycles. The van der Waals surface area contributed by atoms with Crippen LogP contribution in [0.5, 0.6) is 0 Å². The van der Waals surface area contributed by atoms with E-state index in [2.05, 4.69) is 27.1 Å². The first-order chi connectivity index (χ1) is 14.1. The van der Waals surface area contributed by atoms with E-state index in [9.17, 15) is 4.79 Å². The standard InChI is InChI=1S/C20H19N7O2/c1-20(6-7-20)19-24-23-17(29-19)18(28)26-9-5-13-15(22-11-21-13)16(26)14-10-12-4-2-3-8-27(12)25-14/h2-4,8,10-11,16H,5-7,9H2,1H3,(H,21,22)/t16-/m0/s1. The lowest BCUT2D eigenvalue weighted by Gasteiger charge is -2.32. The minimum Gasteiger partial charge on any atom is -0.416 e. The maximum absolute atomic E-state index is 13.3. The summed E-state index contributed by atoms with van der Waals surface area (Å²) in [4.78, 5) is 22.8. The van der Waals surface area contributed by atoms with Crippen LogP contribution < -0.4 is 0 Å². The zero-order valence-corrected chi connectivity index (χ0v) is 15.9. The topological polar surface area (TPSA) is 105 Å². The second kappa shape index (κ2) is 5.76. The molecule has 4 aromatic rings. The molecule has 6 rings (SSSR count). The smallest absolute Gasteiger partial charge is 0.312 e. The second-order valence-electron chi connectivity index (χ2n) is 8.03. The number of aromatic amines is 1. The van der Waals surface area contributed by atoms with Crippen molar-refractivity contribution in [1.29, 1.82) is 0 Å². The van der Waals surface area contributed by atoms with E-state index >= 15 is 0 Å². The van der Waals surface area contributed by atoms with Crippen LogP contribution in [0, 0.1) is 0 Å². The summed E-state index contributed by atoms with van der Waals surface area (Å²) in [5.41, 5.74) is 3.46. The van der Waals surface area contributed by atoms with Gasteiger partial charge in [0.2, 0.25) is 5.89 Å². The van der Waals surface area contributed by atoms with Crippen molar-refractivity contribution in [3.05, 3.63) is 65.7 Å². The van der Waals surface area contributed by atoms with E-state index in [1.165, 1.54) is 0 Å². The van der Waals surface area contributed by atoms with Gasteiger partial charge in [-0.3, -0.25) is 4.79 Å². The number of hydrogen-bond donors (Lipinski definition) is 1. The van der Waals surface area contributed by atoms with E-state index in [0.717, 1.165) is 35.4 Å². The van der Waals surface area contributed by atoms with Crippen LogP contribution in [0.15, 0.2) is 41.2 Å². The van der Waals surface area contributed by atoms with Gasteiger partial charge in [0, 0.05) is 30.3 Å². The molecule has 1 aliphatic heterocycles. The minimum atomic E-state index is -0.413. The third kappa shape index (κ3) is 2.50. The predicted molar refractivity (Wildman–Crippen MR) is 101 cm³/mol. The number of imidazole rings is 1. The Morgan fingerprint density at radius 1 is 1.31 bits per heavy atom. The summed E-state index contributed by atoms with van der Waals surface area (Å²) >= 11 is 0. The summed E-state index contributed by atoms with van der Waals surface area (Å²) in [6, 6.07) is 7.44. The molecule has 1 N–H and O–H groups in total. The Morgan fingerprint density at radius 3 is 3.03 bits per heavy atom. The van der Waals surface area contributed by atoms with Gasteiger partial charge in [-0.05, 0) is 31.0 Å². The zero-order chi connectivity index (χ0) is 19.6.